The molecule has 0 unspecified atom stereocenters. The second-order valence-corrected chi connectivity index (χ2v) is 3.82. The minimum absolute atomic E-state index is 0.0508. The number of carbonyl (C=O) groups is 2. The molecule has 4 heteroatoms. The van der Waals surface area contributed by atoms with Crippen molar-refractivity contribution >= 4 is 11.9 Å². The molecule has 0 fully saturated rings. The van der Waals surface area contributed by atoms with E-state index in [0.29, 0.717) is 6.42 Å². The molecule has 0 aliphatic heterocycles. The van der Waals surface area contributed by atoms with Crippen LogP contribution in [-0.2, 0) is 9.59 Å². The molecule has 0 aliphatic carbocycles. The number of unbranched alkanes of at least 4 members (excludes halogenated alkanes) is 3. The van der Waals surface area contributed by atoms with E-state index in [1.54, 1.807) is 0 Å². The first kappa shape index (κ1) is 13.9. The Morgan fingerprint density at radius 1 is 1.07 bits per heavy atom. The molecule has 0 radical (unpaired) electrons. The topological polar surface area (TPSA) is 74.6 Å². The molecule has 88 valence electrons. The molecule has 0 bridgehead atoms. The van der Waals surface area contributed by atoms with Crippen LogP contribution in [0.15, 0.2) is 0 Å². The Labute approximate surface area is 90.3 Å². The maximum absolute atomic E-state index is 10.8. The predicted octanol–water partition coefficient (Wildman–Crippen LogP) is 2.52. The summed E-state index contributed by atoms with van der Waals surface area (Å²) in [5, 5.41) is 17.3. The molecular formula is C11H20O4. The molecule has 0 amide bonds. The second-order valence-electron chi connectivity index (χ2n) is 3.82. The smallest absolute Gasteiger partial charge is 0.306 e. The van der Waals surface area contributed by atoms with Crippen molar-refractivity contribution in [2.45, 2.75) is 51.9 Å². The van der Waals surface area contributed by atoms with Crippen LogP contribution in [0.4, 0.5) is 0 Å². The van der Waals surface area contributed by atoms with Gasteiger partial charge in [0.05, 0.1) is 5.92 Å². The summed E-state index contributed by atoms with van der Waals surface area (Å²) in [6.45, 7) is 2.10. The molecule has 4 nitrogen and oxygen atoms in total. The van der Waals surface area contributed by atoms with Crippen molar-refractivity contribution < 1.29 is 19.8 Å². The van der Waals surface area contributed by atoms with Gasteiger partial charge in [0, 0.05) is 6.42 Å². The van der Waals surface area contributed by atoms with E-state index in [9.17, 15) is 9.59 Å². The fourth-order valence-corrected chi connectivity index (χ4v) is 1.51. The third-order valence-electron chi connectivity index (χ3n) is 2.46. The molecule has 0 rings (SSSR count). The maximum Gasteiger partial charge on any atom is 0.306 e. The number of aliphatic carboxylic acids is 2. The molecule has 0 saturated carbocycles. The standard InChI is InChI=1S/C11H20O4/c1-2-3-4-5-6-9(11(14)15)7-8-10(12)13/h9H,2-8H2,1H3,(H,12,13)(H,14,15)/t9-/m1/s1. The average molecular weight is 216 g/mol. The van der Waals surface area contributed by atoms with Crippen molar-refractivity contribution in [2.24, 2.45) is 5.92 Å². The molecule has 2 N–H and O–H groups in total. The lowest BCUT2D eigenvalue weighted by molar-refractivity contribution is -0.143. The lowest BCUT2D eigenvalue weighted by Gasteiger charge is -2.10. The summed E-state index contributed by atoms with van der Waals surface area (Å²) in [7, 11) is 0. The monoisotopic (exact) mass is 216 g/mol. The number of carboxylic acid groups (broad SMARTS) is 2. The van der Waals surface area contributed by atoms with E-state index in [1.807, 2.05) is 0 Å². The van der Waals surface area contributed by atoms with Gasteiger partial charge in [-0.05, 0) is 12.8 Å². The zero-order chi connectivity index (χ0) is 11.7. The highest BCUT2D eigenvalue weighted by Gasteiger charge is 2.17. The SMILES string of the molecule is CCCCCC[C@H](CCC(=O)O)C(=O)O. The van der Waals surface area contributed by atoms with Gasteiger partial charge in [-0.15, -0.1) is 0 Å². The third kappa shape index (κ3) is 7.97. The quantitative estimate of drug-likeness (QED) is 0.581. The fraction of sp³-hybridized carbons (Fsp3) is 0.818. The van der Waals surface area contributed by atoms with Crippen LogP contribution in [0.25, 0.3) is 0 Å². The first-order valence-corrected chi connectivity index (χ1v) is 5.52. The molecular weight excluding hydrogens is 196 g/mol. The van der Waals surface area contributed by atoms with Crippen molar-refractivity contribution in [3.8, 4) is 0 Å². The normalized spacial score (nSPS) is 12.3. The van der Waals surface area contributed by atoms with Gasteiger partial charge in [0.25, 0.3) is 0 Å². The molecule has 0 heterocycles. The summed E-state index contributed by atoms with van der Waals surface area (Å²) in [5.74, 6) is -2.28. The minimum Gasteiger partial charge on any atom is -0.481 e. The van der Waals surface area contributed by atoms with Crippen LogP contribution in [-0.4, -0.2) is 22.2 Å². The number of hydrogen-bond acceptors (Lipinski definition) is 2. The van der Waals surface area contributed by atoms with Crippen LogP contribution in [0.3, 0.4) is 0 Å². The van der Waals surface area contributed by atoms with Gasteiger partial charge in [-0.3, -0.25) is 9.59 Å². The van der Waals surface area contributed by atoms with Gasteiger partial charge < -0.3 is 10.2 Å². The van der Waals surface area contributed by atoms with Crippen LogP contribution in [0, 0.1) is 5.92 Å². The van der Waals surface area contributed by atoms with Gasteiger partial charge in [0.1, 0.15) is 0 Å². The summed E-state index contributed by atoms with van der Waals surface area (Å²) in [5.41, 5.74) is 0. The summed E-state index contributed by atoms with van der Waals surface area (Å²) >= 11 is 0. The highest BCUT2D eigenvalue weighted by atomic mass is 16.4. The number of carboxylic acids is 2. The van der Waals surface area contributed by atoms with E-state index in [4.69, 9.17) is 10.2 Å². The fourth-order valence-electron chi connectivity index (χ4n) is 1.51. The zero-order valence-corrected chi connectivity index (χ0v) is 9.24. The number of rotatable bonds is 9. The van der Waals surface area contributed by atoms with E-state index in [0.717, 1.165) is 25.7 Å². The van der Waals surface area contributed by atoms with E-state index in [-0.39, 0.29) is 12.8 Å². The van der Waals surface area contributed by atoms with Crippen molar-refractivity contribution in [1.29, 1.82) is 0 Å². The van der Waals surface area contributed by atoms with Crippen LogP contribution in [0.5, 0.6) is 0 Å². The maximum atomic E-state index is 10.8. The van der Waals surface area contributed by atoms with E-state index >= 15 is 0 Å². The van der Waals surface area contributed by atoms with Gasteiger partial charge in [-0.2, -0.15) is 0 Å². The molecule has 0 aromatic rings. The molecule has 1 atom stereocenters. The molecule has 0 aliphatic rings. The largest absolute Gasteiger partial charge is 0.481 e. The first-order chi connectivity index (χ1) is 7.07. The van der Waals surface area contributed by atoms with Gasteiger partial charge in [0.15, 0.2) is 0 Å². The van der Waals surface area contributed by atoms with Crippen LogP contribution in [0.2, 0.25) is 0 Å². The average Bonchev–Trinajstić information content (AvgIpc) is 2.15. The van der Waals surface area contributed by atoms with Crippen molar-refractivity contribution in [3.63, 3.8) is 0 Å². The molecule has 0 aromatic heterocycles. The van der Waals surface area contributed by atoms with Crippen LogP contribution < -0.4 is 0 Å². The van der Waals surface area contributed by atoms with Gasteiger partial charge in [0.2, 0.25) is 0 Å². The lowest BCUT2D eigenvalue weighted by atomic mass is 9.96. The lowest BCUT2D eigenvalue weighted by Crippen LogP contribution is -2.15. The third-order valence-corrected chi connectivity index (χ3v) is 2.46. The van der Waals surface area contributed by atoms with Gasteiger partial charge in [-0.1, -0.05) is 32.6 Å². The predicted molar refractivity (Wildman–Crippen MR) is 56.8 cm³/mol. The highest BCUT2D eigenvalue weighted by molar-refractivity contribution is 5.72. The van der Waals surface area contributed by atoms with Crippen molar-refractivity contribution in [1.82, 2.24) is 0 Å². The first-order valence-electron chi connectivity index (χ1n) is 5.52. The Bertz CT molecular complexity index is 201. The summed E-state index contributed by atoms with van der Waals surface area (Å²) in [6, 6.07) is 0. The second kappa shape index (κ2) is 8.26. The Morgan fingerprint density at radius 2 is 1.73 bits per heavy atom. The number of hydrogen-bond donors (Lipinski definition) is 2. The van der Waals surface area contributed by atoms with Crippen LogP contribution in [0.1, 0.15) is 51.9 Å². The molecule has 0 spiro atoms. The van der Waals surface area contributed by atoms with Gasteiger partial charge >= 0.3 is 11.9 Å². The molecule has 15 heavy (non-hydrogen) atoms. The van der Waals surface area contributed by atoms with E-state index in [1.165, 1.54) is 0 Å². The summed E-state index contributed by atoms with van der Waals surface area (Å²) in [6.07, 6.45) is 4.94. The van der Waals surface area contributed by atoms with E-state index < -0.39 is 17.9 Å². The van der Waals surface area contributed by atoms with Crippen molar-refractivity contribution in [3.05, 3.63) is 0 Å². The van der Waals surface area contributed by atoms with Crippen molar-refractivity contribution in [2.75, 3.05) is 0 Å². The highest BCUT2D eigenvalue weighted by Crippen LogP contribution is 2.16. The van der Waals surface area contributed by atoms with Crippen LogP contribution >= 0.6 is 0 Å². The summed E-state index contributed by atoms with van der Waals surface area (Å²) in [4.78, 5) is 21.1. The molecule has 0 saturated heterocycles. The molecule has 0 aromatic carbocycles. The van der Waals surface area contributed by atoms with Gasteiger partial charge in [-0.25, -0.2) is 0 Å². The Kier molecular flexibility index (Phi) is 7.68. The summed E-state index contributed by atoms with van der Waals surface area (Å²) < 4.78 is 0. The van der Waals surface area contributed by atoms with E-state index in [2.05, 4.69) is 6.92 Å². The Balaban J connectivity index is 3.73. The Morgan fingerprint density at radius 3 is 2.20 bits per heavy atom. The minimum atomic E-state index is -0.921. The Hall–Kier alpha value is -1.06. The zero-order valence-electron chi connectivity index (χ0n) is 9.24.